The fourth-order valence-corrected chi connectivity index (χ4v) is 3.54. The lowest BCUT2D eigenvalue weighted by Gasteiger charge is -2.26. The molecule has 5 nitrogen and oxygen atoms in total. The monoisotopic (exact) mass is 457 g/mol. The highest BCUT2D eigenvalue weighted by Crippen LogP contribution is 2.30. The van der Waals surface area contributed by atoms with E-state index in [1.807, 2.05) is 54.6 Å². The average Bonchev–Trinajstić information content (AvgIpc) is 2.84. The van der Waals surface area contributed by atoms with Crippen LogP contribution in [0.4, 0.5) is 13.2 Å². The van der Waals surface area contributed by atoms with E-state index in [2.05, 4.69) is 15.6 Å². The molecule has 0 aliphatic carbocycles. The van der Waals surface area contributed by atoms with Gasteiger partial charge in [-0.15, -0.1) is 0 Å². The highest BCUT2D eigenvalue weighted by atomic mass is 19.4. The minimum atomic E-state index is -4.51. The Morgan fingerprint density at radius 3 is 2.24 bits per heavy atom. The van der Waals surface area contributed by atoms with Gasteiger partial charge in [-0.3, -0.25) is 15.1 Å². The third-order valence-electron chi connectivity index (χ3n) is 5.37. The summed E-state index contributed by atoms with van der Waals surface area (Å²) in [6.07, 6.45) is -2.11. The van der Waals surface area contributed by atoms with E-state index >= 15 is 0 Å². The van der Waals surface area contributed by atoms with Gasteiger partial charge >= 0.3 is 6.18 Å². The van der Waals surface area contributed by atoms with E-state index in [-0.39, 0.29) is 5.91 Å². The fraction of sp³-hybridized carbons (Fsp3) is 0.280. The van der Waals surface area contributed by atoms with Gasteiger partial charge in [0.05, 0.1) is 7.11 Å². The van der Waals surface area contributed by atoms with Crippen LogP contribution in [0.15, 0.2) is 72.9 Å². The quantitative estimate of drug-likeness (QED) is 0.482. The number of alkyl halides is 3. The molecular formula is C25H26F3N3O2. The Labute approximate surface area is 191 Å². The normalized spacial score (nSPS) is 13.2. The molecule has 0 aliphatic heterocycles. The van der Waals surface area contributed by atoms with E-state index in [0.717, 1.165) is 22.9 Å². The number of benzene rings is 2. The van der Waals surface area contributed by atoms with Crippen LogP contribution < -0.4 is 15.4 Å². The van der Waals surface area contributed by atoms with Crippen LogP contribution >= 0.6 is 0 Å². The first-order valence-corrected chi connectivity index (χ1v) is 10.5. The minimum Gasteiger partial charge on any atom is -0.497 e. The van der Waals surface area contributed by atoms with E-state index in [1.54, 1.807) is 14.2 Å². The van der Waals surface area contributed by atoms with Crippen molar-refractivity contribution < 1.29 is 22.7 Å². The number of amides is 1. The van der Waals surface area contributed by atoms with Crippen molar-refractivity contribution in [2.75, 3.05) is 14.2 Å². The predicted octanol–water partition coefficient (Wildman–Crippen LogP) is 4.86. The number of ether oxygens (including phenoxy) is 1. The Balaban J connectivity index is 1.88. The number of hydrogen-bond acceptors (Lipinski definition) is 4. The number of halogens is 3. The molecule has 3 aromatic rings. The van der Waals surface area contributed by atoms with E-state index < -0.39 is 24.0 Å². The summed E-state index contributed by atoms with van der Waals surface area (Å²) in [4.78, 5) is 16.3. The zero-order valence-corrected chi connectivity index (χ0v) is 18.4. The molecule has 0 radical (unpaired) electrons. The maximum atomic E-state index is 13.0. The Bertz CT molecular complexity index is 1020. The third kappa shape index (κ3) is 6.55. The Kier molecular flexibility index (Phi) is 8.06. The summed E-state index contributed by atoms with van der Waals surface area (Å²) in [5.41, 5.74) is 1.41. The second-order valence-electron chi connectivity index (χ2n) is 7.54. The number of rotatable bonds is 9. The molecule has 2 aromatic carbocycles. The molecule has 1 amide bonds. The van der Waals surface area contributed by atoms with Gasteiger partial charge in [-0.2, -0.15) is 13.2 Å². The van der Waals surface area contributed by atoms with Crippen molar-refractivity contribution >= 4 is 5.91 Å². The molecule has 0 unspecified atom stereocenters. The molecule has 0 aliphatic rings. The van der Waals surface area contributed by atoms with Crippen LogP contribution in [0.25, 0.3) is 0 Å². The predicted molar refractivity (Wildman–Crippen MR) is 120 cm³/mol. The maximum Gasteiger partial charge on any atom is 0.433 e. The highest BCUT2D eigenvalue weighted by molar-refractivity contribution is 5.83. The van der Waals surface area contributed by atoms with Gasteiger partial charge in [-0.1, -0.05) is 48.5 Å². The smallest absolute Gasteiger partial charge is 0.433 e. The van der Waals surface area contributed by atoms with Crippen LogP contribution in [0.2, 0.25) is 0 Å². The lowest BCUT2D eigenvalue weighted by molar-refractivity contribution is -0.141. The van der Waals surface area contributed by atoms with E-state index in [9.17, 15) is 18.0 Å². The van der Waals surface area contributed by atoms with Crippen LogP contribution in [-0.4, -0.2) is 25.0 Å². The van der Waals surface area contributed by atoms with Crippen LogP contribution in [0.3, 0.4) is 0 Å². The number of hydrogen-bond donors (Lipinski definition) is 2. The van der Waals surface area contributed by atoms with Crippen molar-refractivity contribution in [1.29, 1.82) is 0 Å². The number of pyridine rings is 1. The molecule has 1 heterocycles. The van der Waals surface area contributed by atoms with Gasteiger partial charge in [0, 0.05) is 19.3 Å². The highest BCUT2D eigenvalue weighted by Gasteiger charge is 2.32. The minimum absolute atomic E-state index is 0.240. The lowest BCUT2D eigenvalue weighted by Crippen LogP contribution is -2.38. The van der Waals surface area contributed by atoms with E-state index in [0.29, 0.717) is 18.4 Å². The van der Waals surface area contributed by atoms with Crippen LogP contribution in [0, 0.1) is 0 Å². The molecular weight excluding hydrogens is 431 g/mol. The number of aromatic nitrogens is 1. The van der Waals surface area contributed by atoms with Gasteiger partial charge in [0.15, 0.2) is 0 Å². The number of nitrogens with zero attached hydrogens (tertiary/aromatic N) is 1. The van der Waals surface area contributed by atoms with Gasteiger partial charge in [0.1, 0.15) is 17.5 Å². The van der Waals surface area contributed by atoms with Gasteiger partial charge in [0.25, 0.3) is 0 Å². The lowest BCUT2D eigenvalue weighted by atomic mass is 9.97. The number of carbonyl (C=O) groups excluding carboxylic acids is 1. The summed E-state index contributed by atoms with van der Waals surface area (Å²) in [7, 11) is 3.14. The molecule has 0 saturated heterocycles. The van der Waals surface area contributed by atoms with E-state index in [4.69, 9.17) is 4.74 Å². The maximum absolute atomic E-state index is 13.0. The van der Waals surface area contributed by atoms with Crippen molar-refractivity contribution in [3.8, 4) is 5.75 Å². The second-order valence-corrected chi connectivity index (χ2v) is 7.54. The molecule has 0 bridgehead atoms. The van der Waals surface area contributed by atoms with Gasteiger partial charge < -0.3 is 10.1 Å². The van der Waals surface area contributed by atoms with Crippen molar-refractivity contribution in [3.63, 3.8) is 0 Å². The summed E-state index contributed by atoms with van der Waals surface area (Å²) in [6, 6.07) is 18.1. The molecule has 2 atom stereocenters. The first-order valence-electron chi connectivity index (χ1n) is 10.5. The summed E-state index contributed by atoms with van der Waals surface area (Å²) in [6.45, 7) is 0. The van der Waals surface area contributed by atoms with Crippen molar-refractivity contribution in [3.05, 3.63) is 95.3 Å². The van der Waals surface area contributed by atoms with Gasteiger partial charge in [-0.25, -0.2) is 0 Å². The summed E-state index contributed by atoms with van der Waals surface area (Å²) in [5, 5.41) is 5.99. The summed E-state index contributed by atoms with van der Waals surface area (Å²) < 4.78 is 44.2. The molecule has 0 saturated carbocycles. The first kappa shape index (κ1) is 24.3. The number of carbonyl (C=O) groups is 1. The van der Waals surface area contributed by atoms with Crippen molar-refractivity contribution in [1.82, 2.24) is 15.6 Å². The number of methoxy groups -OCH3 is 1. The first-order chi connectivity index (χ1) is 15.8. The van der Waals surface area contributed by atoms with Gasteiger partial charge in [0.2, 0.25) is 5.91 Å². The molecule has 3 rings (SSSR count). The molecule has 0 fully saturated rings. The number of likely N-dealkylation sites (N-methyl/N-ethyl adjacent to an activating group) is 1. The largest absolute Gasteiger partial charge is 0.497 e. The summed E-state index contributed by atoms with van der Waals surface area (Å²) in [5.74, 6) is 0.500. The van der Waals surface area contributed by atoms with Gasteiger partial charge in [-0.05, 0) is 47.7 Å². The van der Waals surface area contributed by atoms with E-state index in [1.165, 1.54) is 12.3 Å². The van der Waals surface area contributed by atoms with Crippen LogP contribution in [0.1, 0.15) is 40.9 Å². The number of aryl methyl sites for hydroxylation is 1. The average molecular weight is 457 g/mol. The van der Waals surface area contributed by atoms with Crippen molar-refractivity contribution in [2.24, 2.45) is 0 Å². The Morgan fingerprint density at radius 1 is 1.00 bits per heavy atom. The molecule has 8 heteroatoms. The standard InChI is InChI=1S/C25H26F3N3O2/c1-29-24(32)23(18-6-4-3-5-7-18)31-21(14-10-17-8-12-20(33-2)13-9-17)19-11-15-22(30-16-19)25(26,27)28/h3-9,11-13,15-16,21,23,31H,10,14H2,1-2H3,(H,29,32)/t21-,23-/m1/s1. The molecule has 2 N–H and O–H groups in total. The molecule has 174 valence electrons. The number of nitrogens with one attached hydrogen (secondary N) is 2. The fourth-order valence-electron chi connectivity index (χ4n) is 3.54. The zero-order valence-electron chi connectivity index (χ0n) is 18.4. The van der Waals surface area contributed by atoms with Crippen LogP contribution in [0.5, 0.6) is 5.75 Å². The zero-order chi connectivity index (χ0) is 23.8. The van der Waals surface area contributed by atoms with Crippen molar-refractivity contribution in [2.45, 2.75) is 31.1 Å². The molecule has 33 heavy (non-hydrogen) atoms. The Morgan fingerprint density at radius 2 is 1.70 bits per heavy atom. The SMILES string of the molecule is CNC(=O)[C@H](N[C@H](CCc1ccc(OC)cc1)c1ccc(C(F)(F)F)nc1)c1ccccc1. The molecule has 0 spiro atoms. The summed E-state index contributed by atoms with van der Waals surface area (Å²) >= 11 is 0. The Hall–Kier alpha value is -3.39. The topological polar surface area (TPSA) is 63.2 Å². The third-order valence-corrected chi connectivity index (χ3v) is 5.37. The van der Waals surface area contributed by atoms with Crippen LogP contribution in [-0.2, 0) is 17.4 Å². The second kappa shape index (κ2) is 11.0. The molecule has 1 aromatic heterocycles.